The van der Waals surface area contributed by atoms with Gasteiger partial charge in [-0.1, -0.05) is 38.2 Å². The molecule has 9 nitrogen and oxygen atoms in total. The first-order chi connectivity index (χ1) is 12.4. The fraction of sp³-hybridized carbons (Fsp3) is 0.375. The molecule has 0 saturated heterocycles. The lowest BCUT2D eigenvalue weighted by molar-refractivity contribution is -0.123. The molecule has 0 saturated carbocycles. The molecule has 0 unspecified atom stereocenters. The van der Waals surface area contributed by atoms with Gasteiger partial charge in [-0.25, -0.2) is 4.79 Å². The molecule has 0 aliphatic carbocycles. The summed E-state index contributed by atoms with van der Waals surface area (Å²) in [6.07, 6.45) is 0. The topological polar surface area (TPSA) is 127 Å². The third-order valence-corrected chi connectivity index (χ3v) is 6.01. The lowest BCUT2D eigenvalue weighted by Crippen LogP contribution is -2.27. The Morgan fingerprint density at radius 1 is 1.19 bits per heavy atom. The minimum Gasteiger partial charge on any atom is -0.465 e. The van der Waals surface area contributed by atoms with Crippen LogP contribution in [0.15, 0.2) is 22.5 Å². The highest BCUT2D eigenvalue weighted by Crippen LogP contribution is 2.26. The number of ether oxygens (including phenoxy) is 1. The molecule has 1 aromatic heterocycles. The predicted octanol–water partition coefficient (Wildman–Crippen LogP) is 2.42. The van der Waals surface area contributed by atoms with Crippen LogP contribution in [0, 0.1) is 12.3 Å². The highest BCUT2D eigenvalue weighted by Gasteiger charge is 2.25. The van der Waals surface area contributed by atoms with Crippen molar-refractivity contribution in [1.29, 1.82) is 0 Å². The minimum absolute atomic E-state index is 0.0790. The van der Waals surface area contributed by atoms with Crippen LogP contribution < -0.4 is 10.0 Å². The van der Waals surface area contributed by atoms with Gasteiger partial charge in [-0.3, -0.25) is 9.52 Å². The SMILES string of the molecule is COC(=O)c1ccc(C)c(NS(=O)(=O)c2nnc(NC(=O)C(C)(C)C)s2)c1. The normalized spacial score (nSPS) is 11.7. The van der Waals surface area contributed by atoms with E-state index < -0.39 is 21.4 Å². The molecule has 11 heteroatoms. The van der Waals surface area contributed by atoms with Crippen LogP contribution in [-0.2, 0) is 19.6 Å². The van der Waals surface area contributed by atoms with Crippen LogP contribution in [0.2, 0.25) is 0 Å². The average molecular weight is 412 g/mol. The number of aromatic nitrogens is 2. The molecule has 1 heterocycles. The summed E-state index contributed by atoms with van der Waals surface area (Å²) in [4.78, 5) is 23.6. The lowest BCUT2D eigenvalue weighted by Gasteiger charge is -2.15. The summed E-state index contributed by atoms with van der Waals surface area (Å²) in [5, 5.41) is 9.95. The fourth-order valence-corrected chi connectivity index (χ4v) is 3.84. The first-order valence-corrected chi connectivity index (χ1v) is 10.1. The van der Waals surface area contributed by atoms with E-state index in [0.29, 0.717) is 5.56 Å². The summed E-state index contributed by atoms with van der Waals surface area (Å²) in [5.74, 6) is -0.893. The van der Waals surface area contributed by atoms with Crippen molar-refractivity contribution < 1.29 is 22.7 Å². The molecular formula is C16H20N4O5S2. The predicted molar refractivity (Wildman–Crippen MR) is 101 cm³/mol. The van der Waals surface area contributed by atoms with Gasteiger partial charge in [-0.05, 0) is 24.6 Å². The summed E-state index contributed by atoms with van der Waals surface area (Å²) in [7, 11) is -2.81. The monoisotopic (exact) mass is 412 g/mol. The number of nitrogens with one attached hydrogen (secondary N) is 2. The van der Waals surface area contributed by atoms with Crippen molar-refractivity contribution in [3.05, 3.63) is 29.3 Å². The maximum Gasteiger partial charge on any atom is 0.337 e. The van der Waals surface area contributed by atoms with E-state index in [1.165, 1.54) is 19.2 Å². The Bertz CT molecular complexity index is 977. The molecule has 27 heavy (non-hydrogen) atoms. The summed E-state index contributed by atoms with van der Waals surface area (Å²) in [5.41, 5.74) is 0.371. The number of carbonyl (C=O) groups is 2. The number of rotatable bonds is 5. The minimum atomic E-state index is -4.04. The Kier molecular flexibility index (Phi) is 5.85. The Morgan fingerprint density at radius 3 is 2.44 bits per heavy atom. The molecule has 0 radical (unpaired) electrons. The van der Waals surface area contributed by atoms with Gasteiger partial charge in [0.1, 0.15) is 0 Å². The second-order valence-electron chi connectivity index (χ2n) is 6.70. The van der Waals surface area contributed by atoms with Gasteiger partial charge >= 0.3 is 5.97 Å². The number of esters is 1. The second kappa shape index (κ2) is 7.61. The molecule has 2 N–H and O–H groups in total. The van der Waals surface area contributed by atoms with Gasteiger partial charge in [-0.15, -0.1) is 10.2 Å². The van der Waals surface area contributed by atoms with Crippen molar-refractivity contribution in [3.8, 4) is 0 Å². The van der Waals surface area contributed by atoms with Gasteiger partial charge in [0.25, 0.3) is 14.4 Å². The van der Waals surface area contributed by atoms with E-state index in [1.807, 2.05) is 0 Å². The second-order valence-corrected chi connectivity index (χ2v) is 9.54. The molecule has 1 aromatic carbocycles. The number of aryl methyl sites for hydroxylation is 1. The highest BCUT2D eigenvalue weighted by atomic mass is 32.2. The van der Waals surface area contributed by atoms with Crippen molar-refractivity contribution in [2.45, 2.75) is 32.0 Å². The Balaban J connectivity index is 2.25. The van der Waals surface area contributed by atoms with E-state index in [-0.39, 0.29) is 26.6 Å². The number of nitrogens with zero attached hydrogens (tertiary/aromatic N) is 2. The van der Waals surface area contributed by atoms with E-state index in [9.17, 15) is 18.0 Å². The fourth-order valence-electron chi connectivity index (χ4n) is 1.82. The van der Waals surface area contributed by atoms with Gasteiger partial charge in [0.2, 0.25) is 11.0 Å². The summed E-state index contributed by atoms with van der Waals surface area (Å²) >= 11 is 0.728. The molecule has 1 amide bonds. The first kappa shape index (κ1) is 20.8. The van der Waals surface area contributed by atoms with E-state index in [0.717, 1.165) is 11.3 Å². The van der Waals surface area contributed by atoms with Crippen LogP contribution >= 0.6 is 11.3 Å². The van der Waals surface area contributed by atoms with Crippen LogP contribution in [0.5, 0.6) is 0 Å². The van der Waals surface area contributed by atoms with E-state index in [2.05, 4.69) is 25.0 Å². The van der Waals surface area contributed by atoms with Crippen molar-refractivity contribution in [1.82, 2.24) is 10.2 Å². The Morgan fingerprint density at radius 2 is 1.85 bits per heavy atom. The molecular weight excluding hydrogens is 392 g/mol. The van der Waals surface area contributed by atoms with Crippen LogP contribution in [-0.4, -0.2) is 37.6 Å². The number of benzene rings is 1. The number of carbonyl (C=O) groups excluding carboxylic acids is 2. The van der Waals surface area contributed by atoms with Crippen molar-refractivity contribution in [3.63, 3.8) is 0 Å². The van der Waals surface area contributed by atoms with Gasteiger partial charge in [0.05, 0.1) is 18.4 Å². The van der Waals surface area contributed by atoms with Crippen LogP contribution in [0.3, 0.4) is 0 Å². The lowest BCUT2D eigenvalue weighted by atomic mass is 9.96. The molecule has 0 aliphatic heterocycles. The molecule has 146 valence electrons. The maximum atomic E-state index is 12.6. The van der Waals surface area contributed by atoms with Gasteiger partial charge in [-0.2, -0.15) is 8.42 Å². The zero-order chi connectivity index (χ0) is 20.4. The molecule has 0 fully saturated rings. The molecule has 0 spiro atoms. The number of hydrogen-bond donors (Lipinski definition) is 2. The number of hydrogen-bond acceptors (Lipinski definition) is 8. The third kappa shape index (κ3) is 5.01. The van der Waals surface area contributed by atoms with Crippen LogP contribution in [0.1, 0.15) is 36.7 Å². The smallest absolute Gasteiger partial charge is 0.337 e. The molecule has 0 atom stereocenters. The Labute approximate surface area is 161 Å². The number of sulfonamides is 1. The first-order valence-electron chi connectivity index (χ1n) is 7.81. The zero-order valence-electron chi connectivity index (χ0n) is 15.5. The van der Waals surface area contributed by atoms with E-state index in [4.69, 9.17) is 0 Å². The Hall–Kier alpha value is -2.53. The number of methoxy groups -OCH3 is 1. The average Bonchev–Trinajstić information content (AvgIpc) is 3.04. The van der Waals surface area contributed by atoms with Gasteiger partial charge in [0.15, 0.2) is 0 Å². The molecule has 0 bridgehead atoms. The van der Waals surface area contributed by atoms with Crippen molar-refractivity contribution in [2.75, 3.05) is 17.1 Å². The van der Waals surface area contributed by atoms with Crippen molar-refractivity contribution >= 4 is 44.1 Å². The number of amides is 1. The summed E-state index contributed by atoms with van der Waals surface area (Å²) in [6.45, 7) is 6.85. The zero-order valence-corrected chi connectivity index (χ0v) is 17.1. The summed E-state index contributed by atoms with van der Waals surface area (Å²) < 4.78 is 31.8. The third-order valence-electron chi connectivity index (χ3n) is 3.44. The van der Waals surface area contributed by atoms with Gasteiger partial charge in [0, 0.05) is 5.41 Å². The molecule has 2 rings (SSSR count). The van der Waals surface area contributed by atoms with E-state index >= 15 is 0 Å². The van der Waals surface area contributed by atoms with Crippen LogP contribution in [0.4, 0.5) is 10.8 Å². The molecule has 2 aromatic rings. The summed E-state index contributed by atoms with van der Waals surface area (Å²) in [6, 6.07) is 4.51. The number of anilines is 2. The quantitative estimate of drug-likeness (QED) is 0.570. The largest absolute Gasteiger partial charge is 0.465 e. The van der Waals surface area contributed by atoms with Gasteiger partial charge < -0.3 is 10.1 Å². The standard InChI is InChI=1S/C16H20N4O5S2/c1-9-6-7-10(12(21)25-5)8-11(9)20-27(23,24)15-19-18-14(26-15)17-13(22)16(2,3)4/h6-8,20H,1-5H3,(H,17,18,22). The highest BCUT2D eigenvalue weighted by molar-refractivity contribution is 7.94. The van der Waals surface area contributed by atoms with E-state index in [1.54, 1.807) is 33.8 Å². The van der Waals surface area contributed by atoms with Crippen molar-refractivity contribution in [2.24, 2.45) is 5.41 Å². The maximum absolute atomic E-state index is 12.6. The van der Waals surface area contributed by atoms with Crippen LogP contribution in [0.25, 0.3) is 0 Å². The molecule has 0 aliphatic rings.